The minimum absolute atomic E-state index is 0.0719. The van der Waals surface area contributed by atoms with E-state index >= 15 is 0 Å². The normalized spacial score (nSPS) is 17.6. The number of carbonyl (C=O) groups excluding carboxylic acids is 2. The zero-order valence-corrected chi connectivity index (χ0v) is 12.7. The lowest BCUT2D eigenvalue weighted by molar-refractivity contribution is -0.128. The van der Waals surface area contributed by atoms with Crippen LogP contribution in [-0.4, -0.2) is 23.3 Å². The molecule has 2 heterocycles. The van der Waals surface area contributed by atoms with Crippen molar-refractivity contribution in [2.24, 2.45) is 5.92 Å². The second-order valence-electron chi connectivity index (χ2n) is 5.70. The predicted octanol–water partition coefficient (Wildman–Crippen LogP) is 2.71. The van der Waals surface area contributed by atoms with Gasteiger partial charge in [0.25, 0.3) is 0 Å². The zero-order chi connectivity index (χ0) is 16.4. The summed E-state index contributed by atoms with van der Waals surface area (Å²) in [5.41, 5.74) is 1.21. The first-order valence-corrected chi connectivity index (χ1v) is 7.40. The highest BCUT2D eigenvalue weighted by atomic mass is 19.1. The van der Waals surface area contributed by atoms with Gasteiger partial charge in [-0.1, -0.05) is 0 Å². The molecule has 1 saturated heterocycles. The number of hydrogen-bond acceptors (Lipinski definition) is 3. The minimum atomic E-state index is -0.415. The summed E-state index contributed by atoms with van der Waals surface area (Å²) in [6.45, 7) is 2.44. The molecule has 0 spiro atoms. The van der Waals surface area contributed by atoms with Crippen molar-refractivity contribution in [3.63, 3.8) is 0 Å². The fourth-order valence-electron chi connectivity index (χ4n) is 2.69. The van der Waals surface area contributed by atoms with Crippen LogP contribution in [0.2, 0.25) is 0 Å². The van der Waals surface area contributed by atoms with E-state index in [0.717, 1.165) is 0 Å². The van der Waals surface area contributed by atoms with Crippen LogP contribution in [0.1, 0.15) is 17.7 Å². The van der Waals surface area contributed by atoms with Crippen LogP contribution in [0.15, 0.2) is 41.0 Å². The van der Waals surface area contributed by atoms with Gasteiger partial charge in [-0.2, -0.15) is 0 Å². The summed E-state index contributed by atoms with van der Waals surface area (Å²) in [5.74, 6) is -0.371. The van der Waals surface area contributed by atoms with Gasteiger partial charge in [0.2, 0.25) is 11.8 Å². The van der Waals surface area contributed by atoms with Crippen LogP contribution in [0.25, 0.3) is 0 Å². The summed E-state index contributed by atoms with van der Waals surface area (Å²) in [7, 11) is 0. The number of amides is 2. The zero-order valence-electron chi connectivity index (χ0n) is 12.7. The Hall–Kier alpha value is -2.63. The molecule has 1 aliphatic rings. The molecule has 0 saturated carbocycles. The Morgan fingerprint density at radius 3 is 2.96 bits per heavy atom. The molecule has 2 amide bonds. The second kappa shape index (κ2) is 6.24. The molecule has 3 rings (SSSR count). The first-order valence-electron chi connectivity index (χ1n) is 7.40. The molecular weight excluding hydrogens is 299 g/mol. The maximum atomic E-state index is 13.1. The van der Waals surface area contributed by atoms with Crippen LogP contribution in [0, 0.1) is 18.7 Å². The van der Waals surface area contributed by atoms with Crippen molar-refractivity contribution in [3.8, 4) is 0 Å². The molecule has 0 bridgehead atoms. The van der Waals surface area contributed by atoms with E-state index < -0.39 is 5.92 Å². The van der Waals surface area contributed by atoms with Crippen molar-refractivity contribution in [3.05, 3.63) is 53.7 Å². The van der Waals surface area contributed by atoms with Crippen LogP contribution in [0.5, 0.6) is 0 Å². The third-order valence-corrected chi connectivity index (χ3v) is 3.96. The number of nitrogens with zero attached hydrogens (tertiary/aromatic N) is 1. The van der Waals surface area contributed by atoms with Gasteiger partial charge in [-0.05, 0) is 42.8 Å². The number of anilines is 1. The van der Waals surface area contributed by atoms with Crippen LogP contribution in [0.3, 0.4) is 0 Å². The summed E-state index contributed by atoms with van der Waals surface area (Å²) in [6, 6.07) is 7.74. The SMILES string of the molecule is Cc1cc(F)ccc1NC(=O)[C@H]1CC(=O)N(Cc2ccco2)C1. The van der Waals surface area contributed by atoms with Gasteiger partial charge in [-0.15, -0.1) is 0 Å². The van der Waals surface area contributed by atoms with E-state index in [4.69, 9.17) is 4.42 Å². The van der Waals surface area contributed by atoms with Crippen LogP contribution >= 0.6 is 0 Å². The van der Waals surface area contributed by atoms with Gasteiger partial charge in [0, 0.05) is 18.7 Å². The Morgan fingerprint density at radius 2 is 2.26 bits per heavy atom. The van der Waals surface area contributed by atoms with Crippen molar-refractivity contribution in [1.29, 1.82) is 0 Å². The lowest BCUT2D eigenvalue weighted by Gasteiger charge is -2.15. The molecule has 2 aromatic rings. The van der Waals surface area contributed by atoms with Gasteiger partial charge in [0.05, 0.1) is 18.7 Å². The number of rotatable bonds is 4. The van der Waals surface area contributed by atoms with Gasteiger partial charge in [-0.25, -0.2) is 4.39 Å². The number of hydrogen-bond donors (Lipinski definition) is 1. The van der Waals surface area contributed by atoms with Gasteiger partial charge >= 0.3 is 0 Å². The number of halogens is 1. The molecule has 1 aromatic carbocycles. The van der Waals surface area contributed by atoms with Crippen LogP contribution < -0.4 is 5.32 Å². The Balaban J connectivity index is 1.63. The van der Waals surface area contributed by atoms with E-state index in [-0.39, 0.29) is 24.1 Å². The van der Waals surface area contributed by atoms with Gasteiger partial charge < -0.3 is 14.6 Å². The molecule has 0 unspecified atom stereocenters. The predicted molar refractivity (Wildman–Crippen MR) is 82.0 cm³/mol. The number of benzene rings is 1. The minimum Gasteiger partial charge on any atom is -0.467 e. The average Bonchev–Trinajstić information content (AvgIpc) is 3.13. The molecule has 0 aliphatic carbocycles. The molecule has 1 aromatic heterocycles. The standard InChI is InChI=1S/C17H17FN2O3/c1-11-7-13(18)4-5-15(11)19-17(22)12-8-16(21)20(9-12)10-14-3-2-6-23-14/h2-7,12H,8-10H2,1H3,(H,19,22)/t12-/m0/s1. The van der Waals surface area contributed by atoms with Crippen molar-refractivity contribution < 1.29 is 18.4 Å². The maximum absolute atomic E-state index is 13.1. The smallest absolute Gasteiger partial charge is 0.229 e. The van der Waals surface area contributed by atoms with E-state index in [2.05, 4.69) is 5.32 Å². The number of nitrogens with one attached hydrogen (secondary N) is 1. The van der Waals surface area contributed by atoms with Crippen molar-refractivity contribution in [2.75, 3.05) is 11.9 Å². The van der Waals surface area contributed by atoms with E-state index in [9.17, 15) is 14.0 Å². The molecule has 6 heteroatoms. The average molecular weight is 316 g/mol. The number of furan rings is 1. The summed E-state index contributed by atoms with van der Waals surface area (Å²) < 4.78 is 18.3. The van der Waals surface area contributed by atoms with Crippen molar-refractivity contribution in [1.82, 2.24) is 4.90 Å². The second-order valence-corrected chi connectivity index (χ2v) is 5.70. The molecule has 23 heavy (non-hydrogen) atoms. The van der Waals surface area contributed by atoms with E-state index in [1.807, 2.05) is 0 Å². The molecule has 5 nitrogen and oxygen atoms in total. The monoisotopic (exact) mass is 316 g/mol. The summed E-state index contributed by atoms with van der Waals surface area (Å²) >= 11 is 0. The Bertz CT molecular complexity index is 727. The maximum Gasteiger partial charge on any atom is 0.229 e. The molecular formula is C17H17FN2O3. The Kier molecular flexibility index (Phi) is 4.14. The van der Waals surface area contributed by atoms with Crippen LogP contribution in [0.4, 0.5) is 10.1 Å². The highest BCUT2D eigenvalue weighted by molar-refractivity contribution is 5.97. The first kappa shape index (κ1) is 15.3. The summed E-state index contributed by atoms with van der Waals surface area (Å²) in [4.78, 5) is 26.0. The summed E-state index contributed by atoms with van der Waals surface area (Å²) in [6.07, 6.45) is 1.73. The Morgan fingerprint density at radius 1 is 1.43 bits per heavy atom. The van der Waals surface area contributed by atoms with E-state index in [0.29, 0.717) is 30.1 Å². The molecule has 1 N–H and O–H groups in total. The molecule has 1 fully saturated rings. The molecule has 120 valence electrons. The number of aryl methyl sites for hydroxylation is 1. The Labute approximate surface area is 133 Å². The van der Waals surface area contributed by atoms with E-state index in [1.165, 1.54) is 18.2 Å². The van der Waals surface area contributed by atoms with Crippen LogP contribution in [-0.2, 0) is 16.1 Å². The highest BCUT2D eigenvalue weighted by Gasteiger charge is 2.34. The quantitative estimate of drug-likeness (QED) is 0.943. The third-order valence-electron chi connectivity index (χ3n) is 3.96. The fourth-order valence-corrected chi connectivity index (χ4v) is 2.69. The fraction of sp³-hybridized carbons (Fsp3) is 0.294. The van der Waals surface area contributed by atoms with Crippen molar-refractivity contribution in [2.45, 2.75) is 19.9 Å². The number of likely N-dealkylation sites (tertiary alicyclic amines) is 1. The van der Waals surface area contributed by atoms with E-state index in [1.54, 1.807) is 30.2 Å². The van der Waals surface area contributed by atoms with Gasteiger partial charge in [-0.3, -0.25) is 9.59 Å². The lowest BCUT2D eigenvalue weighted by atomic mass is 10.1. The topological polar surface area (TPSA) is 62.6 Å². The summed E-state index contributed by atoms with van der Waals surface area (Å²) in [5, 5.41) is 2.77. The molecule has 1 aliphatic heterocycles. The highest BCUT2D eigenvalue weighted by Crippen LogP contribution is 2.23. The lowest BCUT2D eigenvalue weighted by Crippen LogP contribution is -2.28. The number of carbonyl (C=O) groups is 2. The largest absolute Gasteiger partial charge is 0.467 e. The molecule has 0 radical (unpaired) electrons. The first-order chi connectivity index (χ1) is 11.0. The van der Waals surface area contributed by atoms with Gasteiger partial charge in [0.1, 0.15) is 11.6 Å². The van der Waals surface area contributed by atoms with Crippen molar-refractivity contribution >= 4 is 17.5 Å². The third kappa shape index (κ3) is 3.41. The molecule has 1 atom stereocenters. The van der Waals surface area contributed by atoms with Gasteiger partial charge in [0.15, 0.2) is 0 Å².